The molecule has 3 heterocycles. The van der Waals surface area contributed by atoms with E-state index < -0.39 is 5.41 Å². The number of amides is 1. The quantitative estimate of drug-likeness (QED) is 0.600. The largest absolute Gasteiger partial charge is 0.385 e. The number of likely N-dealkylation sites (tertiary alicyclic amines) is 1. The lowest BCUT2D eigenvalue weighted by atomic mass is 9.76. The van der Waals surface area contributed by atoms with Crippen LogP contribution in [-0.4, -0.2) is 52.7 Å². The van der Waals surface area contributed by atoms with E-state index in [9.17, 15) is 4.79 Å². The van der Waals surface area contributed by atoms with E-state index >= 15 is 0 Å². The van der Waals surface area contributed by atoms with Crippen LogP contribution in [-0.2, 0) is 10.2 Å². The minimum Gasteiger partial charge on any atom is -0.385 e. The van der Waals surface area contributed by atoms with Crippen LogP contribution in [0.1, 0.15) is 46.6 Å². The smallest absolute Gasteiger partial charge is 0.258 e. The molecule has 1 amide bonds. The van der Waals surface area contributed by atoms with Crippen molar-refractivity contribution in [3.8, 4) is 11.5 Å². The Balaban J connectivity index is 1.63. The molecule has 0 aliphatic carbocycles. The molecule has 0 spiro atoms. The van der Waals surface area contributed by atoms with Gasteiger partial charge in [-0.25, -0.2) is 0 Å². The van der Waals surface area contributed by atoms with Crippen LogP contribution >= 0.6 is 0 Å². The van der Waals surface area contributed by atoms with Gasteiger partial charge in [0.15, 0.2) is 5.82 Å². The molecule has 4 rings (SSSR count). The maximum atomic E-state index is 13.3. The monoisotopic (exact) mass is 420 g/mol. The van der Waals surface area contributed by atoms with Crippen LogP contribution < -0.4 is 0 Å². The highest BCUT2D eigenvalue weighted by Gasteiger charge is 2.42. The normalized spacial score (nSPS) is 18.9. The highest BCUT2D eigenvalue weighted by Crippen LogP contribution is 2.37. The molecule has 7 nitrogen and oxygen atoms in total. The van der Waals surface area contributed by atoms with Crippen LogP contribution in [0.4, 0.5) is 0 Å². The number of ether oxygens (including phenoxy) is 1. The molecule has 1 saturated heterocycles. The first-order chi connectivity index (χ1) is 15.0. The van der Waals surface area contributed by atoms with E-state index in [1.165, 1.54) is 5.56 Å². The molecular formula is C24H28N4O3. The molecule has 2 aromatic heterocycles. The van der Waals surface area contributed by atoms with Crippen molar-refractivity contribution in [3.63, 3.8) is 0 Å². The van der Waals surface area contributed by atoms with Crippen LogP contribution in [0, 0.1) is 13.8 Å². The van der Waals surface area contributed by atoms with Crippen LogP contribution in [0.5, 0.6) is 0 Å². The SMILES string of the molecule is COCCC1(c2noc(-c3ccncc3)n2)CCCN(C(=O)c2ccc(C)c(C)c2)C1. The first-order valence-electron chi connectivity index (χ1n) is 10.6. The van der Waals surface area contributed by atoms with Crippen molar-refractivity contribution in [2.75, 3.05) is 26.8 Å². The van der Waals surface area contributed by atoms with E-state index in [-0.39, 0.29) is 5.91 Å². The Hall–Kier alpha value is -3.06. The van der Waals surface area contributed by atoms with Crippen molar-refractivity contribution in [2.24, 2.45) is 0 Å². The fourth-order valence-electron chi connectivity index (χ4n) is 4.21. The van der Waals surface area contributed by atoms with Gasteiger partial charge in [0, 0.05) is 50.3 Å². The van der Waals surface area contributed by atoms with Gasteiger partial charge in [0.05, 0.1) is 5.41 Å². The number of aromatic nitrogens is 3. The second-order valence-electron chi connectivity index (χ2n) is 8.31. The molecule has 3 aromatic rings. The summed E-state index contributed by atoms with van der Waals surface area (Å²) in [5.74, 6) is 1.14. The molecule has 1 fully saturated rings. The Labute approximate surface area is 182 Å². The molecule has 0 bridgehead atoms. The standard InChI is InChI=1S/C24H28N4O3/c1-17-5-6-20(15-18(17)2)22(29)28-13-4-9-24(16-28,10-14-30-3)23-26-21(31-27-23)19-7-11-25-12-8-19/h5-8,11-12,15H,4,9-10,13-14,16H2,1-3H3. The molecule has 0 N–H and O–H groups in total. The van der Waals surface area contributed by atoms with Crippen molar-refractivity contribution >= 4 is 5.91 Å². The number of benzene rings is 1. The average Bonchev–Trinajstić information content (AvgIpc) is 3.31. The van der Waals surface area contributed by atoms with Gasteiger partial charge < -0.3 is 14.2 Å². The predicted molar refractivity (Wildman–Crippen MR) is 117 cm³/mol. The zero-order valence-corrected chi connectivity index (χ0v) is 18.3. The van der Waals surface area contributed by atoms with E-state index in [1.807, 2.05) is 42.2 Å². The lowest BCUT2D eigenvalue weighted by molar-refractivity contribution is 0.0567. The van der Waals surface area contributed by atoms with Crippen LogP contribution in [0.3, 0.4) is 0 Å². The van der Waals surface area contributed by atoms with Crippen LogP contribution in [0.2, 0.25) is 0 Å². The zero-order valence-electron chi connectivity index (χ0n) is 18.3. The van der Waals surface area contributed by atoms with Gasteiger partial charge in [0.1, 0.15) is 0 Å². The van der Waals surface area contributed by atoms with Gasteiger partial charge in [0.2, 0.25) is 0 Å². The zero-order chi connectivity index (χ0) is 21.8. The van der Waals surface area contributed by atoms with E-state index in [0.717, 1.165) is 42.5 Å². The first-order valence-corrected chi connectivity index (χ1v) is 10.6. The predicted octanol–water partition coefficient (Wildman–Crippen LogP) is 3.96. The molecule has 7 heteroatoms. The number of aryl methyl sites for hydroxylation is 2. The third-order valence-corrected chi connectivity index (χ3v) is 6.23. The first kappa shape index (κ1) is 21.2. The van der Waals surface area contributed by atoms with Crippen molar-refractivity contribution < 1.29 is 14.1 Å². The summed E-state index contributed by atoms with van der Waals surface area (Å²) in [5.41, 5.74) is 3.44. The number of rotatable bonds is 6. The van der Waals surface area contributed by atoms with Crippen LogP contribution in [0.25, 0.3) is 11.5 Å². The average molecular weight is 421 g/mol. The van der Waals surface area contributed by atoms with E-state index in [4.69, 9.17) is 14.2 Å². The molecule has 1 aliphatic heterocycles. The second kappa shape index (κ2) is 8.98. The highest BCUT2D eigenvalue weighted by molar-refractivity contribution is 5.94. The minimum absolute atomic E-state index is 0.0439. The Bertz CT molecular complexity index is 1050. The summed E-state index contributed by atoms with van der Waals surface area (Å²) in [4.78, 5) is 24.0. The minimum atomic E-state index is -0.404. The van der Waals surface area contributed by atoms with Gasteiger partial charge in [-0.15, -0.1) is 0 Å². The molecule has 1 aromatic carbocycles. The highest BCUT2D eigenvalue weighted by atomic mass is 16.5. The van der Waals surface area contributed by atoms with Gasteiger partial charge in [-0.2, -0.15) is 4.98 Å². The lowest BCUT2D eigenvalue weighted by Gasteiger charge is -2.41. The summed E-state index contributed by atoms with van der Waals surface area (Å²) < 4.78 is 11.0. The third-order valence-electron chi connectivity index (χ3n) is 6.23. The van der Waals surface area contributed by atoms with Crippen LogP contribution in [0.15, 0.2) is 47.2 Å². The molecular weight excluding hydrogens is 392 g/mol. The summed E-state index contributed by atoms with van der Waals surface area (Å²) in [6, 6.07) is 9.57. The van der Waals surface area contributed by atoms with Crippen molar-refractivity contribution in [1.82, 2.24) is 20.0 Å². The number of carbonyl (C=O) groups excluding carboxylic acids is 1. The molecule has 162 valence electrons. The Kier molecular flexibility index (Phi) is 6.13. The summed E-state index contributed by atoms with van der Waals surface area (Å²) in [5, 5.41) is 4.33. The van der Waals surface area contributed by atoms with Gasteiger partial charge in [-0.3, -0.25) is 9.78 Å². The number of methoxy groups -OCH3 is 1. The topological polar surface area (TPSA) is 81.3 Å². The third kappa shape index (κ3) is 4.37. The van der Waals surface area contributed by atoms with Gasteiger partial charge in [0.25, 0.3) is 11.8 Å². The number of nitrogens with zero attached hydrogens (tertiary/aromatic N) is 4. The Morgan fingerprint density at radius 1 is 1.19 bits per heavy atom. The number of hydrogen-bond donors (Lipinski definition) is 0. The van der Waals surface area contributed by atoms with Crippen molar-refractivity contribution in [2.45, 2.75) is 38.5 Å². The fraction of sp³-hybridized carbons (Fsp3) is 0.417. The fourth-order valence-corrected chi connectivity index (χ4v) is 4.21. The summed E-state index contributed by atoms with van der Waals surface area (Å²) in [6.07, 6.45) is 5.87. The Morgan fingerprint density at radius 2 is 2.00 bits per heavy atom. The van der Waals surface area contributed by atoms with E-state index in [0.29, 0.717) is 24.9 Å². The molecule has 1 unspecified atom stereocenters. The lowest BCUT2D eigenvalue weighted by Crippen LogP contribution is -2.49. The van der Waals surface area contributed by atoms with Crippen molar-refractivity contribution in [3.05, 3.63) is 65.2 Å². The molecule has 31 heavy (non-hydrogen) atoms. The number of piperidine rings is 1. The van der Waals surface area contributed by atoms with Crippen molar-refractivity contribution in [1.29, 1.82) is 0 Å². The maximum Gasteiger partial charge on any atom is 0.258 e. The molecule has 0 saturated carbocycles. The van der Waals surface area contributed by atoms with E-state index in [2.05, 4.69) is 17.1 Å². The van der Waals surface area contributed by atoms with Gasteiger partial charge in [-0.1, -0.05) is 11.2 Å². The molecule has 1 atom stereocenters. The maximum absolute atomic E-state index is 13.3. The number of carbonyl (C=O) groups is 1. The molecule has 1 aliphatic rings. The summed E-state index contributed by atoms with van der Waals surface area (Å²) >= 11 is 0. The summed E-state index contributed by atoms with van der Waals surface area (Å²) in [6.45, 7) is 5.90. The van der Waals surface area contributed by atoms with Gasteiger partial charge in [-0.05, 0) is 68.5 Å². The Morgan fingerprint density at radius 3 is 2.74 bits per heavy atom. The summed E-state index contributed by atoms with van der Waals surface area (Å²) in [7, 11) is 1.69. The molecule has 0 radical (unpaired) electrons. The number of pyridine rings is 1. The number of hydrogen-bond acceptors (Lipinski definition) is 6. The second-order valence-corrected chi connectivity index (χ2v) is 8.31. The van der Waals surface area contributed by atoms with E-state index in [1.54, 1.807) is 19.5 Å². The van der Waals surface area contributed by atoms with Gasteiger partial charge >= 0.3 is 0 Å².